The Kier molecular flexibility index (Phi) is 6.39. The Morgan fingerprint density at radius 1 is 1.07 bits per heavy atom. The zero-order chi connectivity index (χ0) is 21.1. The van der Waals surface area contributed by atoms with E-state index in [1.807, 2.05) is 45.0 Å². The minimum Gasteiger partial charge on any atom is -0.444 e. The second-order valence-corrected chi connectivity index (χ2v) is 8.75. The van der Waals surface area contributed by atoms with E-state index in [0.29, 0.717) is 11.9 Å². The van der Waals surface area contributed by atoms with Crippen LogP contribution in [-0.2, 0) is 15.9 Å². The lowest BCUT2D eigenvalue weighted by Crippen LogP contribution is -2.42. The Labute approximate surface area is 165 Å². The van der Waals surface area contributed by atoms with Crippen molar-refractivity contribution in [3.8, 4) is 0 Å². The Balaban J connectivity index is 2.26. The van der Waals surface area contributed by atoms with Crippen LogP contribution in [-0.4, -0.2) is 45.7 Å². The molecule has 28 heavy (non-hydrogen) atoms. The molecule has 2 rings (SSSR count). The van der Waals surface area contributed by atoms with Crippen molar-refractivity contribution >= 4 is 23.1 Å². The first-order valence-corrected chi connectivity index (χ1v) is 9.32. The van der Waals surface area contributed by atoms with Gasteiger partial charge >= 0.3 is 12.2 Å². The highest BCUT2D eigenvalue weighted by Crippen LogP contribution is 2.24. The molecule has 1 unspecified atom stereocenters. The van der Waals surface area contributed by atoms with Gasteiger partial charge in [0.05, 0.1) is 18.2 Å². The largest absolute Gasteiger partial charge is 0.444 e. The Morgan fingerprint density at radius 3 is 2.25 bits per heavy atom. The highest BCUT2D eigenvalue weighted by molar-refractivity contribution is 5.92. The average molecular weight is 390 g/mol. The van der Waals surface area contributed by atoms with Gasteiger partial charge in [0.25, 0.3) is 0 Å². The third-order valence-corrected chi connectivity index (χ3v) is 3.79. The van der Waals surface area contributed by atoms with E-state index in [4.69, 9.17) is 9.47 Å². The number of hydrogen-bond acceptors (Lipinski definition) is 5. The Bertz CT molecular complexity index is 843. The van der Waals surface area contributed by atoms with Crippen LogP contribution in [0.1, 0.15) is 47.1 Å². The fourth-order valence-corrected chi connectivity index (χ4v) is 2.78. The lowest BCUT2D eigenvalue weighted by Gasteiger charge is -2.22. The van der Waals surface area contributed by atoms with Gasteiger partial charge in [0.15, 0.2) is 0 Å². The van der Waals surface area contributed by atoms with Crippen molar-refractivity contribution in [3.63, 3.8) is 0 Å². The van der Waals surface area contributed by atoms with E-state index in [1.54, 1.807) is 27.0 Å². The molecule has 0 spiro atoms. The van der Waals surface area contributed by atoms with Gasteiger partial charge in [-0.1, -0.05) is 18.2 Å². The first-order chi connectivity index (χ1) is 12.9. The zero-order valence-electron chi connectivity index (χ0n) is 17.4. The molecule has 1 amide bonds. The molecule has 2 aromatic rings. The minimum atomic E-state index is -0.628. The molecule has 7 nitrogen and oxygen atoms in total. The van der Waals surface area contributed by atoms with Crippen LogP contribution in [0.15, 0.2) is 30.5 Å². The van der Waals surface area contributed by atoms with Gasteiger partial charge in [-0.2, -0.15) is 0 Å². The molecule has 0 saturated heterocycles. The molecule has 1 heterocycles. The molecule has 2 N–H and O–H groups in total. The summed E-state index contributed by atoms with van der Waals surface area (Å²) in [6.07, 6.45) is 0.961. The van der Waals surface area contributed by atoms with Crippen molar-refractivity contribution in [2.75, 3.05) is 6.61 Å². The summed E-state index contributed by atoms with van der Waals surface area (Å²) in [5.74, 6) is 0. The van der Waals surface area contributed by atoms with Gasteiger partial charge in [0, 0.05) is 11.6 Å². The van der Waals surface area contributed by atoms with E-state index in [1.165, 1.54) is 4.57 Å². The van der Waals surface area contributed by atoms with Crippen LogP contribution in [0.4, 0.5) is 9.59 Å². The van der Waals surface area contributed by atoms with Gasteiger partial charge in [0.2, 0.25) is 0 Å². The molecule has 1 atom stereocenters. The van der Waals surface area contributed by atoms with E-state index in [-0.39, 0.29) is 6.61 Å². The second kappa shape index (κ2) is 8.22. The van der Waals surface area contributed by atoms with Crippen molar-refractivity contribution in [1.82, 2.24) is 9.88 Å². The summed E-state index contributed by atoms with van der Waals surface area (Å²) in [6, 6.07) is 6.90. The summed E-state index contributed by atoms with van der Waals surface area (Å²) in [4.78, 5) is 24.6. The summed E-state index contributed by atoms with van der Waals surface area (Å²) in [5, 5.41) is 13.2. The summed E-state index contributed by atoms with van der Waals surface area (Å²) in [7, 11) is 0. The number of rotatable bonds is 4. The maximum Gasteiger partial charge on any atom is 0.419 e. The van der Waals surface area contributed by atoms with Crippen LogP contribution < -0.4 is 5.32 Å². The fourth-order valence-electron chi connectivity index (χ4n) is 2.78. The van der Waals surface area contributed by atoms with E-state index in [2.05, 4.69) is 5.32 Å². The van der Waals surface area contributed by atoms with Crippen LogP contribution >= 0.6 is 0 Å². The highest BCUT2D eigenvalue weighted by atomic mass is 16.6. The molecule has 0 saturated carbocycles. The van der Waals surface area contributed by atoms with Gasteiger partial charge in [-0.15, -0.1) is 0 Å². The first kappa shape index (κ1) is 21.8. The van der Waals surface area contributed by atoms with Crippen molar-refractivity contribution in [3.05, 3.63) is 36.0 Å². The molecule has 0 aliphatic carbocycles. The molecule has 0 radical (unpaired) electrons. The lowest BCUT2D eigenvalue weighted by atomic mass is 10.1. The quantitative estimate of drug-likeness (QED) is 0.828. The van der Waals surface area contributed by atoms with Crippen molar-refractivity contribution in [2.24, 2.45) is 0 Å². The number of ether oxygens (including phenoxy) is 2. The summed E-state index contributed by atoms with van der Waals surface area (Å²) in [5.41, 5.74) is 0.281. The lowest BCUT2D eigenvalue weighted by molar-refractivity contribution is 0.0479. The van der Waals surface area contributed by atoms with Gasteiger partial charge in [0.1, 0.15) is 11.2 Å². The van der Waals surface area contributed by atoms with Crippen LogP contribution in [0.5, 0.6) is 0 Å². The van der Waals surface area contributed by atoms with Crippen LogP contribution in [0.2, 0.25) is 0 Å². The van der Waals surface area contributed by atoms with Crippen LogP contribution in [0.3, 0.4) is 0 Å². The fraction of sp³-hybridized carbons (Fsp3) is 0.524. The summed E-state index contributed by atoms with van der Waals surface area (Å²) in [6.45, 7) is 10.5. The average Bonchev–Trinajstić information content (AvgIpc) is 2.90. The van der Waals surface area contributed by atoms with E-state index in [9.17, 15) is 14.7 Å². The molecular formula is C21H30N2O5. The van der Waals surface area contributed by atoms with Crippen molar-refractivity contribution in [2.45, 2.75) is 65.2 Å². The molecule has 1 aromatic heterocycles. The Morgan fingerprint density at radius 2 is 1.68 bits per heavy atom. The number of aliphatic hydroxyl groups is 1. The molecule has 0 bridgehead atoms. The molecule has 0 aliphatic rings. The van der Waals surface area contributed by atoms with Gasteiger partial charge in [-0.25, -0.2) is 9.59 Å². The third kappa shape index (κ3) is 5.99. The monoisotopic (exact) mass is 390 g/mol. The Hall–Kier alpha value is -2.54. The number of amides is 1. The molecule has 1 aromatic carbocycles. The number of carbonyl (C=O) groups excluding carboxylic acids is 2. The summed E-state index contributed by atoms with van der Waals surface area (Å²) >= 11 is 0. The number of aliphatic hydroxyl groups excluding tert-OH is 1. The van der Waals surface area contributed by atoms with E-state index < -0.39 is 29.4 Å². The number of hydrogen-bond donors (Lipinski definition) is 2. The maximum atomic E-state index is 12.6. The number of benzene rings is 1. The SMILES string of the molecule is CC(C)(C)OC(=O)NC(CO)Cc1cn(C(=O)OC(C)(C)C)c2ccccc12. The normalized spacial score (nSPS) is 13.2. The first-order valence-electron chi connectivity index (χ1n) is 9.32. The van der Waals surface area contributed by atoms with Crippen molar-refractivity contribution in [1.29, 1.82) is 0 Å². The highest BCUT2D eigenvalue weighted by Gasteiger charge is 2.23. The zero-order valence-corrected chi connectivity index (χ0v) is 17.4. The molecule has 0 aliphatic heterocycles. The minimum absolute atomic E-state index is 0.259. The number of fused-ring (bicyclic) bond motifs is 1. The third-order valence-electron chi connectivity index (χ3n) is 3.79. The molecule has 7 heteroatoms. The van der Waals surface area contributed by atoms with Crippen molar-refractivity contribution < 1.29 is 24.2 Å². The number of nitrogens with zero attached hydrogens (tertiary/aromatic N) is 1. The predicted octanol–water partition coefficient (Wildman–Crippen LogP) is 3.85. The number of alkyl carbamates (subject to hydrolysis) is 1. The standard InChI is InChI=1S/C21H30N2O5/c1-20(2,3)27-18(25)22-15(13-24)11-14-12-23(19(26)28-21(4,5)6)17-10-8-7-9-16(14)17/h7-10,12,15,24H,11,13H2,1-6H3,(H,22,25). The maximum absolute atomic E-state index is 12.6. The summed E-state index contributed by atoms with van der Waals surface area (Å²) < 4.78 is 12.2. The number of carbonyl (C=O) groups is 2. The van der Waals surface area contributed by atoms with Crippen LogP contribution in [0.25, 0.3) is 10.9 Å². The van der Waals surface area contributed by atoms with Gasteiger partial charge in [-0.05, 0) is 59.6 Å². The van der Waals surface area contributed by atoms with Crippen LogP contribution in [0, 0.1) is 0 Å². The smallest absolute Gasteiger partial charge is 0.419 e. The second-order valence-electron chi connectivity index (χ2n) is 8.75. The van der Waals surface area contributed by atoms with Gasteiger partial charge < -0.3 is 19.9 Å². The number of para-hydroxylation sites is 1. The molecular weight excluding hydrogens is 360 g/mol. The molecule has 0 fully saturated rings. The van der Waals surface area contributed by atoms with Gasteiger partial charge in [-0.3, -0.25) is 4.57 Å². The predicted molar refractivity (Wildman–Crippen MR) is 108 cm³/mol. The number of nitrogens with one attached hydrogen (secondary N) is 1. The topological polar surface area (TPSA) is 89.8 Å². The number of aromatic nitrogens is 1. The van der Waals surface area contributed by atoms with E-state index >= 15 is 0 Å². The molecule has 154 valence electrons. The van der Waals surface area contributed by atoms with E-state index in [0.717, 1.165) is 10.9 Å².